The van der Waals surface area contributed by atoms with E-state index in [1.165, 1.54) is 0 Å². The number of carbonyl (C=O) groups is 1. The number of hydrogen-bond acceptors (Lipinski definition) is 3. The molecule has 2 aromatic carbocycles. The normalized spacial score (nSPS) is 17.9. The molecule has 1 heterocycles. The highest BCUT2D eigenvalue weighted by atomic mass is 16.5. The Morgan fingerprint density at radius 1 is 1.28 bits per heavy atom. The average molecular weight is 341 g/mol. The Morgan fingerprint density at radius 2 is 2.12 bits per heavy atom. The topological polar surface area (TPSA) is 64.2 Å². The number of hydrogen-bond donors (Lipinski definition) is 2. The van der Waals surface area contributed by atoms with E-state index in [9.17, 15) is 4.79 Å². The summed E-state index contributed by atoms with van der Waals surface area (Å²) in [5.74, 6) is 0.676. The molecule has 1 aliphatic rings. The third-order valence-electron chi connectivity index (χ3n) is 4.44. The van der Waals surface area contributed by atoms with Gasteiger partial charge in [-0.3, -0.25) is 4.79 Å². The van der Waals surface area contributed by atoms with Gasteiger partial charge < -0.3 is 20.1 Å². The van der Waals surface area contributed by atoms with Gasteiger partial charge in [0.05, 0.1) is 7.11 Å². The lowest BCUT2D eigenvalue weighted by molar-refractivity contribution is -0.687. The molecule has 0 spiro atoms. The van der Waals surface area contributed by atoms with Gasteiger partial charge in [0.25, 0.3) is 5.91 Å². The molecule has 5 heteroatoms. The van der Waals surface area contributed by atoms with Gasteiger partial charge in [-0.05, 0) is 25.0 Å². The summed E-state index contributed by atoms with van der Waals surface area (Å²) in [4.78, 5) is 12.9. The number of benzene rings is 2. The van der Waals surface area contributed by atoms with Crippen LogP contribution in [0.15, 0.2) is 54.6 Å². The monoisotopic (exact) mass is 341 g/mol. The molecule has 0 unspecified atom stereocenters. The van der Waals surface area contributed by atoms with E-state index < -0.39 is 0 Å². The summed E-state index contributed by atoms with van der Waals surface area (Å²) in [6, 6.07) is 16.9. The Labute approximate surface area is 148 Å². The number of methoxy groups -OCH3 is 1. The zero-order chi connectivity index (χ0) is 17.5. The number of nitrogens with one attached hydrogen (secondary N) is 1. The number of carbonyl (C=O) groups excluding carboxylic acids is 1. The molecule has 25 heavy (non-hydrogen) atoms. The smallest absolute Gasteiger partial charge is 0.287 e. The molecule has 1 aliphatic heterocycles. The summed E-state index contributed by atoms with van der Waals surface area (Å²) in [6.45, 7) is 1.61. The fraction of sp³-hybridized carbons (Fsp3) is 0.350. The molecule has 1 saturated heterocycles. The van der Waals surface area contributed by atoms with Crippen molar-refractivity contribution < 1.29 is 19.6 Å². The minimum Gasteiger partial charge on any atom is -0.497 e. The second-order valence-electron chi connectivity index (χ2n) is 6.22. The fourth-order valence-electron chi connectivity index (χ4n) is 3.09. The Balaban J connectivity index is 1.71. The van der Waals surface area contributed by atoms with Crippen LogP contribution in [-0.4, -0.2) is 32.3 Å². The van der Waals surface area contributed by atoms with Crippen LogP contribution in [0.3, 0.4) is 0 Å². The summed E-state index contributed by atoms with van der Waals surface area (Å²) >= 11 is 0. The van der Waals surface area contributed by atoms with Crippen molar-refractivity contribution in [3.8, 4) is 5.75 Å². The third kappa shape index (κ3) is 4.81. The minimum atomic E-state index is -0.309. The van der Waals surface area contributed by atoms with Crippen molar-refractivity contribution in [2.45, 2.75) is 25.0 Å². The molecule has 3 rings (SSSR count). The van der Waals surface area contributed by atoms with Crippen molar-refractivity contribution in [1.29, 1.82) is 0 Å². The zero-order valence-electron chi connectivity index (χ0n) is 14.5. The van der Waals surface area contributed by atoms with E-state index in [1.54, 1.807) is 7.11 Å². The number of anilines is 1. The van der Waals surface area contributed by atoms with Crippen molar-refractivity contribution in [1.82, 2.24) is 0 Å². The molecule has 1 amide bonds. The molecule has 2 atom stereocenters. The van der Waals surface area contributed by atoms with Crippen LogP contribution in [-0.2, 0) is 9.53 Å². The van der Waals surface area contributed by atoms with Crippen LogP contribution in [0.25, 0.3) is 0 Å². The number of amides is 1. The van der Waals surface area contributed by atoms with Gasteiger partial charge in [0, 0.05) is 23.9 Å². The van der Waals surface area contributed by atoms with Crippen LogP contribution >= 0.6 is 0 Å². The lowest BCUT2D eigenvalue weighted by atomic mass is 10.1. The highest BCUT2D eigenvalue weighted by molar-refractivity contribution is 5.94. The van der Waals surface area contributed by atoms with Crippen molar-refractivity contribution in [2.75, 3.05) is 25.6 Å². The van der Waals surface area contributed by atoms with Crippen molar-refractivity contribution in [3.63, 3.8) is 0 Å². The Hall–Kier alpha value is -2.37. The predicted octanol–water partition coefficient (Wildman–Crippen LogP) is 2.12. The number of quaternary nitrogens is 1. The molecule has 5 nitrogen and oxygen atoms in total. The van der Waals surface area contributed by atoms with Crippen LogP contribution in [0.5, 0.6) is 5.75 Å². The summed E-state index contributed by atoms with van der Waals surface area (Å²) in [6.07, 6.45) is 2.40. The third-order valence-corrected chi connectivity index (χ3v) is 4.44. The maximum absolute atomic E-state index is 12.9. The maximum Gasteiger partial charge on any atom is 0.287 e. The highest BCUT2D eigenvalue weighted by Crippen LogP contribution is 2.19. The highest BCUT2D eigenvalue weighted by Gasteiger charge is 2.27. The summed E-state index contributed by atoms with van der Waals surface area (Å²) in [5.41, 5.74) is 1.72. The lowest BCUT2D eigenvalue weighted by Crippen LogP contribution is -2.89. The van der Waals surface area contributed by atoms with Gasteiger partial charge in [0.2, 0.25) is 0 Å². The van der Waals surface area contributed by atoms with E-state index in [0.717, 1.165) is 43.0 Å². The van der Waals surface area contributed by atoms with Gasteiger partial charge in [-0.25, -0.2) is 0 Å². The minimum absolute atomic E-state index is 0.0440. The first-order valence-corrected chi connectivity index (χ1v) is 8.71. The molecule has 0 radical (unpaired) electrons. The molecule has 0 aliphatic carbocycles. The van der Waals surface area contributed by atoms with Gasteiger partial charge in [-0.1, -0.05) is 36.4 Å². The molecular formula is C20H25N2O3+. The molecule has 2 aromatic rings. The van der Waals surface area contributed by atoms with E-state index in [0.29, 0.717) is 0 Å². The molecule has 1 fully saturated rings. The maximum atomic E-state index is 12.9. The summed E-state index contributed by atoms with van der Waals surface area (Å²) in [7, 11) is 1.61. The fourth-order valence-corrected chi connectivity index (χ4v) is 3.09. The molecule has 132 valence electrons. The van der Waals surface area contributed by atoms with E-state index in [1.807, 2.05) is 54.6 Å². The lowest BCUT2D eigenvalue weighted by Gasteiger charge is -2.18. The van der Waals surface area contributed by atoms with Crippen LogP contribution in [0.1, 0.15) is 24.4 Å². The predicted molar refractivity (Wildman–Crippen MR) is 96.6 cm³/mol. The van der Waals surface area contributed by atoms with Crippen LogP contribution in [0.4, 0.5) is 5.69 Å². The number of ether oxygens (including phenoxy) is 2. The summed E-state index contributed by atoms with van der Waals surface area (Å²) < 4.78 is 10.9. The quantitative estimate of drug-likeness (QED) is 0.811. The average Bonchev–Trinajstić information content (AvgIpc) is 3.16. The molecular weight excluding hydrogens is 316 g/mol. The summed E-state index contributed by atoms with van der Waals surface area (Å²) in [5, 5.41) is 5.07. The van der Waals surface area contributed by atoms with E-state index in [4.69, 9.17) is 9.47 Å². The Kier molecular flexibility index (Phi) is 6.04. The second-order valence-corrected chi connectivity index (χ2v) is 6.22. The molecule has 0 saturated carbocycles. The molecule has 0 aromatic heterocycles. The Bertz CT molecular complexity index is 684. The van der Waals surface area contributed by atoms with Crippen molar-refractivity contribution in [2.24, 2.45) is 0 Å². The van der Waals surface area contributed by atoms with Crippen molar-refractivity contribution >= 4 is 11.6 Å². The Morgan fingerprint density at radius 3 is 2.84 bits per heavy atom. The van der Waals surface area contributed by atoms with Crippen LogP contribution < -0.4 is 15.4 Å². The molecule has 3 N–H and O–H groups in total. The number of nitrogens with two attached hydrogens (primary N) is 1. The van der Waals surface area contributed by atoms with Crippen molar-refractivity contribution in [3.05, 3.63) is 60.2 Å². The molecule has 0 bridgehead atoms. The largest absolute Gasteiger partial charge is 0.497 e. The zero-order valence-corrected chi connectivity index (χ0v) is 14.5. The van der Waals surface area contributed by atoms with Gasteiger partial charge in [-0.2, -0.15) is 0 Å². The van der Waals surface area contributed by atoms with Gasteiger partial charge in [-0.15, -0.1) is 0 Å². The van der Waals surface area contributed by atoms with E-state index in [-0.39, 0.29) is 18.1 Å². The van der Waals surface area contributed by atoms with Gasteiger partial charge >= 0.3 is 0 Å². The first kappa shape index (κ1) is 17.5. The van der Waals surface area contributed by atoms with Crippen LogP contribution in [0, 0.1) is 0 Å². The number of rotatable bonds is 7. The first-order valence-electron chi connectivity index (χ1n) is 8.71. The van der Waals surface area contributed by atoms with Gasteiger partial charge in [0.1, 0.15) is 18.4 Å². The second kappa shape index (κ2) is 8.65. The van der Waals surface area contributed by atoms with E-state index >= 15 is 0 Å². The van der Waals surface area contributed by atoms with E-state index in [2.05, 4.69) is 10.6 Å². The van der Waals surface area contributed by atoms with Crippen LogP contribution in [0.2, 0.25) is 0 Å². The van der Waals surface area contributed by atoms with Gasteiger partial charge in [0.15, 0.2) is 6.04 Å². The first-order chi connectivity index (χ1) is 12.3. The standard InChI is InChI=1S/C20H24N2O3/c1-24-17-10-5-9-16(13-17)22-20(23)19(15-7-3-2-4-8-15)21-14-18-11-6-12-25-18/h2-5,7-10,13,18-19,21H,6,11-12,14H2,1H3,(H,22,23)/p+1/t18-,19+/m0/s1. The SMILES string of the molecule is COc1cccc(NC(=O)[C@H]([NH2+]C[C@@H]2CCCO2)c2ccccc2)c1.